The summed E-state index contributed by atoms with van der Waals surface area (Å²) in [5, 5.41) is 9.72. The molecule has 0 radical (unpaired) electrons. The first-order valence-electron chi connectivity index (χ1n) is 4.43. The normalized spacial score (nSPS) is 13.7. The van der Waals surface area contributed by atoms with Crippen LogP contribution in [-0.4, -0.2) is 24.1 Å². The molecule has 15 heavy (non-hydrogen) atoms. The molecule has 5 heteroatoms. The molecule has 0 fully saturated rings. The van der Waals surface area contributed by atoms with Crippen molar-refractivity contribution in [2.75, 3.05) is 13.2 Å². The minimum atomic E-state index is -0.217. The third-order valence-corrected chi connectivity index (χ3v) is 2.86. The van der Waals surface area contributed by atoms with E-state index >= 15 is 0 Å². The first-order chi connectivity index (χ1) is 7.11. The van der Waals surface area contributed by atoms with Gasteiger partial charge in [0.2, 0.25) is 0 Å². The highest BCUT2D eigenvalue weighted by Gasteiger charge is 2.22. The molecule has 4 nitrogen and oxygen atoms in total. The molecule has 0 amide bonds. The van der Waals surface area contributed by atoms with Gasteiger partial charge < -0.3 is 14.6 Å². The summed E-state index contributed by atoms with van der Waals surface area (Å²) in [6.45, 7) is 2.27. The van der Waals surface area contributed by atoms with Gasteiger partial charge in [-0.05, 0) is 28.9 Å². The lowest BCUT2D eigenvalue weighted by Crippen LogP contribution is -2.16. The van der Waals surface area contributed by atoms with E-state index in [0.29, 0.717) is 29.2 Å². The molecule has 0 saturated heterocycles. The van der Waals surface area contributed by atoms with E-state index in [1.807, 2.05) is 0 Å². The second-order valence-electron chi connectivity index (χ2n) is 3.17. The minimum absolute atomic E-state index is 0.105. The van der Waals surface area contributed by atoms with Crippen molar-refractivity contribution in [3.05, 3.63) is 16.1 Å². The van der Waals surface area contributed by atoms with Crippen molar-refractivity contribution in [3.8, 4) is 17.2 Å². The second kappa shape index (κ2) is 3.73. The van der Waals surface area contributed by atoms with E-state index in [2.05, 4.69) is 15.9 Å². The molecule has 0 aliphatic carbocycles. The Bertz CT molecular complexity index is 428. The van der Waals surface area contributed by atoms with Crippen LogP contribution in [0.2, 0.25) is 0 Å². The quantitative estimate of drug-likeness (QED) is 0.796. The maximum atomic E-state index is 11.2. The first kappa shape index (κ1) is 10.3. The lowest BCUT2D eigenvalue weighted by molar-refractivity contribution is 0.101. The van der Waals surface area contributed by atoms with Gasteiger partial charge in [-0.1, -0.05) is 0 Å². The van der Waals surface area contributed by atoms with Gasteiger partial charge >= 0.3 is 0 Å². The molecule has 80 valence electrons. The van der Waals surface area contributed by atoms with Gasteiger partial charge in [-0.25, -0.2) is 0 Å². The van der Waals surface area contributed by atoms with Crippen LogP contribution in [0.15, 0.2) is 10.5 Å². The average molecular weight is 273 g/mol. The zero-order valence-corrected chi connectivity index (χ0v) is 9.63. The van der Waals surface area contributed by atoms with Gasteiger partial charge in [0, 0.05) is 0 Å². The highest BCUT2D eigenvalue weighted by Crippen LogP contribution is 2.45. The lowest BCUT2D eigenvalue weighted by Gasteiger charge is -2.20. The van der Waals surface area contributed by atoms with E-state index in [-0.39, 0.29) is 17.1 Å². The molecule has 0 spiro atoms. The molecule has 0 bridgehead atoms. The number of phenolic OH excluding ortho intramolecular Hbond substituents is 1. The largest absolute Gasteiger partial charge is 0.506 e. The summed E-state index contributed by atoms with van der Waals surface area (Å²) in [6.07, 6.45) is 0. The zero-order valence-electron chi connectivity index (χ0n) is 8.04. The van der Waals surface area contributed by atoms with Crippen LogP contribution >= 0.6 is 15.9 Å². The third kappa shape index (κ3) is 1.67. The zero-order chi connectivity index (χ0) is 11.0. The topological polar surface area (TPSA) is 55.8 Å². The standard InChI is InChI=1S/C10H9BrO4/c1-5(12)6-4-7-10(8(11)9(6)13)15-3-2-14-7/h4,13H,2-3H2,1H3. The molecule has 0 saturated carbocycles. The number of phenols is 1. The Kier molecular flexibility index (Phi) is 2.56. The number of benzene rings is 1. The number of hydrogen-bond acceptors (Lipinski definition) is 4. The number of aromatic hydroxyl groups is 1. The van der Waals surface area contributed by atoms with Crippen LogP contribution in [0, 0.1) is 0 Å². The molecular formula is C10H9BrO4. The number of ketones is 1. The van der Waals surface area contributed by atoms with Gasteiger partial charge in [-0.2, -0.15) is 0 Å². The summed E-state index contributed by atoms with van der Waals surface area (Å²) in [5.74, 6) is 0.608. The Morgan fingerprint density at radius 3 is 2.80 bits per heavy atom. The van der Waals surface area contributed by atoms with Gasteiger partial charge in [-0.3, -0.25) is 4.79 Å². The molecule has 1 aliphatic rings. The minimum Gasteiger partial charge on any atom is -0.506 e. The van der Waals surface area contributed by atoms with Crippen LogP contribution in [0.1, 0.15) is 17.3 Å². The SMILES string of the molecule is CC(=O)c1cc2c(c(Br)c1O)OCCO2. The number of hydrogen-bond donors (Lipinski definition) is 1. The van der Waals surface area contributed by atoms with Crippen molar-refractivity contribution in [2.45, 2.75) is 6.92 Å². The number of ether oxygens (including phenoxy) is 2. The molecule has 0 unspecified atom stereocenters. The summed E-state index contributed by atoms with van der Waals surface area (Å²) in [5.41, 5.74) is 0.228. The number of carbonyl (C=O) groups excluding carboxylic acids is 1. The molecule has 2 rings (SSSR count). The molecule has 1 aliphatic heterocycles. The first-order valence-corrected chi connectivity index (χ1v) is 5.22. The number of fused-ring (bicyclic) bond motifs is 1. The van der Waals surface area contributed by atoms with Gasteiger partial charge in [0.25, 0.3) is 0 Å². The highest BCUT2D eigenvalue weighted by atomic mass is 79.9. The van der Waals surface area contributed by atoms with Crippen molar-refractivity contribution < 1.29 is 19.4 Å². The summed E-state index contributed by atoms with van der Waals surface area (Å²) >= 11 is 3.18. The van der Waals surface area contributed by atoms with E-state index in [9.17, 15) is 9.90 Å². The summed E-state index contributed by atoms with van der Waals surface area (Å²) in [7, 11) is 0. The van der Waals surface area contributed by atoms with E-state index < -0.39 is 0 Å². The predicted molar refractivity (Wildman–Crippen MR) is 56.8 cm³/mol. The maximum absolute atomic E-state index is 11.2. The Hall–Kier alpha value is -1.23. The second-order valence-corrected chi connectivity index (χ2v) is 3.96. The molecule has 0 aromatic heterocycles. The van der Waals surface area contributed by atoms with Crippen LogP contribution in [0.5, 0.6) is 17.2 Å². The Morgan fingerprint density at radius 1 is 1.47 bits per heavy atom. The van der Waals surface area contributed by atoms with Crippen LogP contribution in [0.4, 0.5) is 0 Å². The van der Waals surface area contributed by atoms with Crippen LogP contribution in [0.25, 0.3) is 0 Å². The smallest absolute Gasteiger partial charge is 0.179 e. The Balaban J connectivity index is 2.63. The molecule has 0 atom stereocenters. The summed E-state index contributed by atoms with van der Waals surface area (Å²) in [4.78, 5) is 11.2. The fourth-order valence-electron chi connectivity index (χ4n) is 1.40. The average Bonchev–Trinajstić information content (AvgIpc) is 2.23. The van der Waals surface area contributed by atoms with Crippen molar-refractivity contribution in [1.29, 1.82) is 0 Å². The number of halogens is 1. The predicted octanol–water partition coefficient (Wildman–Crippen LogP) is 2.13. The maximum Gasteiger partial charge on any atom is 0.179 e. The molecule has 1 aromatic carbocycles. The van der Waals surface area contributed by atoms with Gasteiger partial charge in [0.05, 0.1) is 5.56 Å². The van der Waals surface area contributed by atoms with Gasteiger partial charge in [-0.15, -0.1) is 0 Å². The van der Waals surface area contributed by atoms with Crippen LogP contribution < -0.4 is 9.47 Å². The van der Waals surface area contributed by atoms with Gasteiger partial charge in [0.1, 0.15) is 23.4 Å². The monoisotopic (exact) mass is 272 g/mol. The van der Waals surface area contributed by atoms with Crippen molar-refractivity contribution in [1.82, 2.24) is 0 Å². The number of Topliss-reactive ketones (excluding diaryl/α,β-unsaturated/α-hetero) is 1. The molecule has 1 heterocycles. The molecule has 1 N–H and O–H groups in total. The van der Waals surface area contributed by atoms with E-state index in [4.69, 9.17) is 9.47 Å². The van der Waals surface area contributed by atoms with E-state index in [1.54, 1.807) is 0 Å². The van der Waals surface area contributed by atoms with Crippen LogP contribution in [0.3, 0.4) is 0 Å². The lowest BCUT2D eigenvalue weighted by atomic mass is 10.1. The fourth-order valence-corrected chi connectivity index (χ4v) is 1.93. The van der Waals surface area contributed by atoms with E-state index in [1.165, 1.54) is 13.0 Å². The summed E-state index contributed by atoms with van der Waals surface area (Å²) in [6, 6.07) is 1.50. The van der Waals surface area contributed by atoms with Crippen LogP contribution in [-0.2, 0) is 0 Å². The van der Waals surface area contributed by atoms with Crippen molar-refractivity contribution in [3.63, 3.8) is 0 Å². The fraction of sp³-hybridized carbons (Fsp3) is 0.300. The van der Waals surface area contributed by atoms with Crippen molar-refractivity contribution in [2.24, 2.45) is 0 Å². The Morgan fingerprint density at radius 2 is 2.13 bits per heavy atom. The number of rotatable bonds is 1. The van der Waals surface area contributed by atoms with E-state index in [0.717, 1.165) is 0 Å². The van der Waals surface area contributed by atoms with Gasteiger partial charge in [0.15, 0.2) is 17.3 Å². The van der Waals surface area contributed by atoms with Crippen molar-refractivity contribution >= 4 is 21.7 Å². The third-order valence-electron chi connectivity index (χ3n) is 2.13. The number of carbonyl (C=O) groups is 1. The molecular weight excluding hydrogens is 264 g/mol. The molecule has 1 aromatic rings. The summed E-state index contributed by atoms with van der Waals surface area (Å²) < 4.78 is 11.0. The highest BCUT2D eigenvalue weighted by molar-refractivity contribution is 9.10. The Labute approximate surface area is 94.9 Å².